The Hall–Kier alpha value is -1.88. The summed E-state index contributed by atoms with van der Waals surface area (Å²) in [6.45, 7) is 10.5. The molecule has 1 atom stereocenters. The highest BCUT2D eigenvalue weighted by Crippen LogP contribution is 2.31. The van der Waals surface area contributed by atoms with Gasteiger partial charge >= 0.3 is 0 Å². The monoisotopic (exact) mass is 385 g/mol. The van der Waals surface area contributed by atoms with Crippen molar-refractivity contribution in [2.45, 2.75) is 58.4 Å². The molecular formula is C23H35N3O2. The van der Waals surface area contributed by atoms with Crippen LogP contribution in [0.3, 0.4) is 0 Å². The van der Waals surface area contributed by atoms with Gasteiger partial charge in [0.2, 0.25) is 5.91 Å². The average molecular weight is 386 g/mol. The van der Waals surface area contributed by atoms with Crippen LogP contribution in [0, 0.1) is 5.41 Å². The van der Waals surface area contributed by atoms with Crippen LogP contribution in [0.4, 0.5) is 0 Å². The molecule has 2 heterocycles. The molecule has 3 rings (SSSR count). The Morgan fingerprint density at radius 1 is 1.04 bits per heavy atom. The van der Waals surface area contributed by atoms with Crippen LogP contribution >= 0.6 is 0 Å². The number of rotatable bonds is 5. The molecule has 0 saturated carbocycles. The lowest BCUT2D eigenvalue weighted by atomic mass is 9.80. The van der Waals surface area contributed by atoms with E-state index >= 15 is 0 Å². The fourth-order valence-electron chi connectivity index (χ4n) is 4.48. The third-order valence-electron chi connectivity index (χ3n) is 6.45. The first kappa shape index (κ1) is 20.8. The van der Waals surface area contributed by atoms with Crippen molar-refractivity contribution in [3.8, 4) is 0 Å². The van der Waals surface area contributed by atoms with E-state index < -0.39 is 5.41 Å². The van der Waals surface area contributed by atoms with Gasteiger partial charge in [0.1, 0.15) is 0 Å². The number of carbonyl (C=O) groups is 2. The number of piperidine rings is 2. The van der Waals surface area contributed by atoms with Gasteiger partial charge in [-0.25, -0.2) is 0 Å². The van der Waals surface area contributed by atoms with E-state index in [4.69, 9.17) is 0 Å². The quantitative estimate of drug-likeness (QED) is 0.846. The van der Waals surface area contributed by atoms with E-state index in [0.717, 1.165) is 32.5 Å². The highest BCUT2D eigenvalue weighted by Gasteiger charge is 2.40. The van der Waals surface area contributed by atoms with E-state index in [9.17, 15) is 9.59 Å². The molecule has 1 N–H and O–H groups in total. The summed E-state index contributed by atoms with van der Waals surface area (Å²) in [6, 6.07) is 9.36. The summed E-state index contributed by atoms with van der Waals surface area (Å²) >= 11 is 0. The molecule has 5 nitrogen and oxygen atoms in total. The topological polar surface area (TPSA) is 52.7 Å². The molecule has 0 aliphatic carbocycles. The molecule has 0 aromatic heterocycles. The molecule has 2 amide bonds. The zero-order valence-corrected chi connectivity index (χ0v) is 17.7. The van der Waals surface area contributed by atoms with Crippen LogP contribution in [0.5, 0.6) is 0 Å². The fraction of sp³-hybridized carbons (Fsp3) is 0.652. The Labute approximate surface area is 169 Å². The van der Waals surface area contributed by atoms with Crippen molar-refractivity contribution in [2.75, 3.05) is 32.7 Å². The molecule has 2 fully saturated rings. The molecule has 2 aliphatic rings. The standard InChI is InChI=1S/C23H35N3O2/c1-22(2,26-15-8-5-9-16-26)17-24-21(28)23(3)13-10-14-25(18-23)20(27)19-11-6-4-7-12-19/h4,6-7,11-12H,5,8-10,13-18H2,1-3H3,(H,24,28). The number of hydrogen-bond donors (Lipinski definition) is 1. The molecule has 2 saturated heterocycles. The lowest BCUT2D eigenvalue weighted by Crippen LogP contribution is -2.57. The highest BCUT2D eigenvalue weighted by molar-refractivity contribution is 5.95. The van der Waals surface area contributed by atoms with Crippen molar-refractivity contribution in [1.82, 2.24) is 15.1 Å². The Kier molecular flexibility index (Phi) is 6.43. The van der Waals surface area contributed by atoms with Crippen LogP contribution in [0.25, 0.3) is 0 Å². The van der Waals surface area contributed by atoms with E-state index in [-0.39, 0.29) is 17.4 Å². The SMILES string of the molecule is CC1(C(=O)NCC(C)(C)N2CCCCC2)CCCN(C(=O)c2ccccc2)C1. The van der Waals surface area contributed by atoms with Gasteiger partial charge in [0.05, 0.1) is 5.41 Å². The van der Waals surface area contributed by atoms with Gasteiger partial charge in [-0.2, -0.15) is 0 Å². The zero-order valence-electron chi connectivity index (χ0n) is 17.7. The van der Waals surface area contributed by atoms with Crippen LogP contribution in [0.15, 0.2) is 30.3 Å². The van der Waals surface area contributed by atoms with Gasteiger partial charge in [0.25, 0.3) is 5.91 Å². The van der Waals surface area contributed by atoms with Gasteiger partial charge in [-0.05, 0) is 71.7 Å². The molecule has 0 spiro atoms. The zero-order chi connectivity index (χ0) is 20.2. The van der Waals surface area contributed by atoms with Crippen LogP contribution in [-0.2, 0) is 4.79 Å². The van der Waals surface area contributed by atoms with E-state index in [2.05, 4.69) is 24.1 Å². The van der Waals surface area contributed by atoms with E-state index in [1.807, 2.05) is 42.2 Å². The van der Waals surface area contributed by atoms with Crippen LogP contribution in [0.1, 0.15) is 63.2 Å². The molecule has 28 heavy (non-hydrogen) atoms. The molecule has 1 unspecified atom stereocenters. The van der Waals surface area contributed by atoms with E-state index in [1.165, 1.54) is 19.3 Å². The first-order chi connectivity index (χ1) is 13.3. The molecular weight excluding hydrogens is 350 g/mol. The third-order valence-corrected chi connectivity index (χ3v) is 6.45. The van der Waals surface area contributed by atoms with Gasteiger partial charge in [-0.1, -0.05) is 24.6 Å². The number of likely N-dealkylation sites (tertiary alicyclic amines) is 2. The van der Waals surface area contributed by atoms with Crippen molar-refractivity contribution in [1.29, 1.82) is 0 Å². The minimum Gasteiger partial charge on any atom is -0.354 e. The van der Waals surface area contributed by atoms with Crippen molar-refractivity contribution >= 4 is 11.8 Å². The lowest BCUT2D eigenvalue weighted by molar-refractivity contribution is -0.133. The second-order valence-corrected chi connectivity index (χ2v) is 9.30. The fourth-order valence-corrected chi connectivity index (χ4v) is 4.48. The van der Waals surface area contributed by atoms with Gasteiger partial charge in [-0.3, -0.25) is 14.5 Å². The minimum atomic E-state index is -0.527. The summed E-state index contributed by atoms with van der Waals surface area (Å²) in [5, 5.41) is 3.21. The smallest absolute Gasteiger partial charge is 0.253 e. The first-order valence-electron chi connectivity index (χ1n) is 10.7. The number of carbonyl (C=O) groups excluding carboxylic acids is 2. The van der Waals surface area contributed by atoms with Crippen LogP contribution < -0.4 is 5.32 Å². The van der Waals surface area contributed by atoms with Crippen molar-refractivity contribution in [3.63, 3.8) is 0 Å². The Morgan fingerprint density at radius 3 is 2.39 bits per heavy atom. The average Bonchev–Trinajstić information content (AvgIpc) is 2.73. The van der Waals surface area contributed by atoms with Gasteiger partial charge in [-0.15, -0.1) is 0 Å². The van der Waals surface area contributed by atoms with Crippen molar-refractivity contribution in [2.24, 2.45) is 5.41 Å². The summed E-state index contributed by atoms with van der Waals surface area (Å²) in [6.07, 6.45) is 5.47. The summed E-state index contributed by atoms with van der Waals surface area (Å²) in [5.74, 6) is 0.0936. The largest absolute Gasteiger partial charge is 0.354 e. The third kappa shape index (κ3) is 4.75. The Balaban J connectivity index is 1.60. The molecule has 0 bridgehead atoms. The maximum atomic E-state index is 13.1. The number of nitrogens with zero attached hydrogens (tertiary/aromatic N) is 2. The van der Waals surface area contributed by atoms with E-state index in [1.54, 1.807) is 0 Å². The number of amides is 2. The molecule has 1 aromatic rings. The first-order valence-corrected chi connectivity index (χ1v) is 10.7. The number of benzene rings is 1. The van der Waals surface area contributed by atoms with E-state index in [0.29, 0.717) is 18.7 Å². The maximum absolute atomic E-state index is 13.1. The predicted molar refractivity (Wildman–Crippen MR) is 112 cm³/mol. The summed E-state index contributed by atoms with van der Waals surface area (Å²) in [5.41, 5.74) is 0.125. The Morgan fingerprint density at radius 2 is 1.71 bits per heavy atom. The van der Waals surface area contributed by atoms with Crippen LogP contribution in [-0.4, -0.2) is 59.9 Å². The molecule has 0 radical (unpaired) electrons. The molecule has 154 valence electrons. The van der Waals surface area contributed by atoms with Crippen LogP contribution in [0.2, 0.25) is 0 Å². The minimum absolute atomic E-state index is 0.0213. The Bertz CT molecular complexity index is 682. The molecule has 5 heteroatoms. The van der Waals surface area contributed by atoms with Crippen molar-refractivity contribution in [3.05, 3.63) is 35.9 Å². The summed E-state index contributed by atoms with van der Waals surface area (Å²) in [4.78, 5) is 30.2. The normalized spacial score (nSPS) is 24.0. The summed E-state index contributed by atoms with van der Waals surface area (Å²) in [7, 11) is 0. The van der Waals surface area contributed by atoms with Gasteiger partial charge < -0.3 is 10.2 Å². The van der Waals surface area contributed by atoms with Crippen molar-refractivity contribution < 1.29 is 9.59 Å². The number of hydrogen-bond acceptors (Lipinski definition) is 3. The lowest BCUT2D eigenvalue weighted by Gasteiger charge is -2.43. The van der Waals surface area contributed by atoms with Gasteiger partial charge in [0, 0.05) is 30.7 Å². The molecule has 1 aromatic carbocycles. The second kappa shape index (κ2) is 8.64. The van der Waals surface area contributed by atoms with Gasteiger partial charge in [0.15, 0.2) is 0 Å². The summed E-state index contributed by atoms with van der Waals surface area (Å²) < 4.78 is 0. The maximum Gasteiger partial charge on any atom is 0.253 e. The second-order valence-electron chi connectivity index (χ2n) is 9.30. The predicted octanol–water partition coefficient (Wildman–Crippen LogP) is 3.31. The molecule has 2 aliphatic heterocycles. The highest BCUT2D eigenvalue weighted by atomic mass is 16.2. The number of nitrogens with one attached hydrogen (secondary N) is 1.